The number of fused-ring (bicyclic) bond motifs is 1. The second-order valence-electron chi connectivity index (χ2n) is 8.40. The molecule has 3 heterocycles. The van der Waals surface area contributed by atoms with Crippen LogP contribution in [-0.4, -0.2) is 54.6 Å². The molecular weight excluding hydrogens is 374 g/mol. The molecule has 156 valence electrons. The van der Waals surface area contributed by atoms with Crippen LogP contribution in [0, 0.1) is 0 Å². The van der Waals surface area contributed by atoms with Gasteiger partial charge < -0.3 is 14.2 Å². The van der Waals surface area contributed by atoms with Gasteiger partial charge in [-0.25, -0.2) is 4.79 Å². The van der Waals surface area contributed by atoms with Crippen molar-refractivity contribution in [3.8, 4) is 0 Å². The van der Waals surface area contributed by atoms with Crippen LogP contribution < -0.4 is 4.90 Å². The first-order valence-corrected chi connectivity index (χ1v) is 11.1. The summed E-state index contributed by atoms with van der Waals surface area (Å²) in [4.78, 5) is 19.7. The van der Waals surface area contributed by atoms with E-state index in [1.807, 2.05) is 53.6 Å². The molecule has 2 fully saturated rings. The van der Waals surface area contributed by atoms with E-state index in [4.69, 9.17) is 4.42 Å². The van der Waals surface area contributed by atoms with Crippen molar-refractivity contribution in [1.29, 1.82) is 0 Å². The molecule has 0 bridgehead atoms. The van der Waals surface area contributed by atoms with E-state index >= 15 is 0 Å². The molecule has 0 radical (unpaired) electrons. The summed E-state index contributed by atoms with van der Waals surface area (Å²) in [6.07, 6.45) is 6.06. The van der Waals surface area contributed by atoms with Gasteiger partial charge in [0.05, 0.1) is 6.26 Å². The lowest BCUT2D eigenvalue weighted by Crippen LogP contribution is -2.56. The zero-order valence-corrected chi connectivity index (χ0v) is 17.4. The van der Waals surface area contributed by atoms with E-state index in [2.05, 4.69) is 21.9 Å². The second kappa shape index (κ2) is 8.52. The van der Waals surface area contributed by atoms with Crippen LogP contribution in [0.2, 0.25) is 0 Å². The summed E-state index contributed by atoms with van der Waals surface area (Å²) < 4.78 is 5.68. The molecule has 0 spiro atoms. The number of furan rings is 1. The molecule has 3 aromatic rings. The number of carbonyl (C=O) groups is 1. The largest absolute Gasteiger partial charge is 0.464 e. The molecule has 0 atom stereocenters. The van der Waals surface area contributed by atoms with Crippen LogP contribution in [-0.2, 0) is 6.42 Å². The highest BCUT2D eigenvalue weighted by Crippen LogP contribution is 2.26. The van der Waals surface area contributed by atoms with E-state index in [9.17, 15) is 4.79 Å². The Labute approximate surface area is 177 Å². The molecule has 5 rings (SSSR count). The number of urea groups is 1. The summed E-state index contributed by atoms with van der Waals surface area (Å²) in [5, 5.41) is 1.23. The van der Waals surface area contributed by atoms with E-state index < -0.39 is 0 Å². The molecule has 2 aromatic carbocycles. The number of piperidine rings is 1. The van der Waals surface area contributed by atoms with Crippen LogP contribution in [0.3, 0.4) is 0 Å². The third-order valence-electron chi connectivity index (χ3n) is 6.58. The monoisotopic (exact) mass is 403 g/mol. The zero-order chi connectivity index (χ0) is 20.3. The van der Waals surface area contributed by atoms with Gasteiger partial charge >= 0.3 is 6.03 Å². The van der Waals surface area contributed by atoms with Crippen molar-refractivity contribution in [1.82, 2.24) is 9.80 Å². The average molecular weight is 404 g/mol. The maximum atomic E-state index is 13.1. The summed E-state index contributed by atoms with van der Waals surface area (Å²) in [6, 6.07) is 18.9. The van der Waals surface area contributed by atoms with E-state index in [0.29, 0.717) is 6.04 Å². The van der Waals surface area contributed by atoms with E-state index in [1.165, 1.54) is 10.9 Å². The maximum Gasteiger partial charge on any atom is 0.324 e. The topological polar surface area (TPSA) is 39.9 Å². The number of anilines is 1. The summed E-state index contributed by atoms with van der Waals surface area (Å²) in [7, 11) is 0. The first-order chi connectivity index (χ1) is 14.8. The van der Waals surface area contributed by atoms with Gasteiger partial charge in [-0.15, -0.1) is 0 Å². The van der Waals surface area contributed by atoms with Crippen LogP contribution in [0.1, 0.15) is 24.8 Å². The number of hydrogen-bond donors (Lipinski definition) is 0. The van der Waals surface area contributed by atoms with Crippen molar-refractivity contribution in [3.05, 3.63) is 66.4 Å². The van der Waals surface area contributed by atoms with Crippen molar-refractivity contribution in [3.63, 3.8) is 0 Å². The van der Waals surface area contributed by atoms with Gasteiger partial charge in [0.25, 0.3) is 0 Å². The Morgan fingerprint density at radius 3 is 2.50 bits per heavy atom. The van der Waals surface area contributed by atoms with Crippen LogP contribution in [0.4, 0.5) is 10.5 Å². The Bertz CT molecular complexity index is 992. The van der Waals surface area contributed by atoms with Gasteiger partial charge in [-0.1, -0.05) is 36.4 Å². The van der Waals surface area contributed by atoms with E-state index in [-0.39, 0.29) is 6.03 Å². The highest BCUT2D eigenvalue weighted by molar-refractivity contribution is 5.92. The SMILES string of the molecule is O=C1N(c2ccccc2)CCCN1C1CCN(CCc2coc3ccccc23)CC1. The molecule has 2 aliphatic heterocycles. The number of benzene rings is 2. The predicted octanol–water partition coefficient (Wildman–Crippen LogP) is 4.77. The van der Waals surface area contributed by atoms with Gasteiger partial charge in [0.1, 0.15) is 5.58 Å². The molecule has 5 heteroatoms. The lowest BCUT2D eigenvalue weighted by atomic mass is 10.0. The van der Waals surface area contributed by atoms with Crippen molar-refractivity contribution >= 4 is 22.7 Å². The van der Waals surface area contributed by atoms with Crippen LogP contribution in [0.25, 0.3) is 11.0 Å². The number of likely N-dealkylation sites (tertiary alicyclic amines) is 1. The first kappa shape index (κ1) is 19.2. The molecule has 2 aliphatic rings. The molecule has 0 N–H and O–H groups in total. The van der Waals surface area contributed by atoms with Gasteiger partial charge in [-0.05, 0) is 49.4 Å². The third kappa shape index (κ3) is 3.82. The lowest BCUT2D eigenvalue weighted by molar-refractivity contribution is 0.117. The number of rotatable bonds is 5. The highest BCUT2D eigenvalue weighted by Gasteiger charge is 2.33. The normalized spacial score (nSPS) is 19.0. The Hall–Kier alpha value is -2.79. The number of para-hydroxylation sites is 2. The Kier molecular flexibility index (Phi) is 5.45. The summed E-state index contributed by atoms with van der Waals surface area (Å²) in [6.45, 7) is 4.84. The van der Waals surface area contributed by atoms with Crippen molar-refractivity contribution in [2.24, 2.45) is 0 Å². The van der Waals surface area contributed by atoms with Crippen LogP contribution in [0.5, 0.6) is 0 Å². The summed E-state index contributed by atoms with van der Waals surface area (Å²) >= 11 is 0. The minimum absolute atomic E-state index is 0.177. The first-order valence-electron chi connectivity index (χ1n) is 11.1. The molecule has 0 unspecified atom stereocenters. The quantitative estimate of drug-likeness (QED) is 0.616. The van der Waals surface area contributed by atoms with Crippen molar-refractivity contribution in [2.45, 2.75) is 31.7 Å². The molecular formula is C25H29N3O2. The van der Waals surface area contributed by atoms with Gasteiger partial charge in [-0.3, -0.25) is 4.90 Å². The number of amides is 2. The number of hydrogen-bond acceptors (Lipinski definition) is 3. The molecule has 2 saturated heterocycles. The van der Waals surface area contributed by atoms with E-state index in [1.54, 1.807) is 0 Å². The summed E-state index contributed by atoms with van der Waals surface area (Å²) in [5.41, 5.74) is 3.27. The van der Waals surface area contributed by atoms with Gasteiger partial charge in [0, 0.05) is 49.8 Å². The van der Waals surface area contributed by atoms with Crippen LogP contribution in [0.15, 0.2) is 65.3 Å². The molecule has 1 aromatic heterocycles. The molecule has 30 heavy (non-hydrogen) atoms. The Morgan fingerprint density at radius 2 is 1.67 bits per heavy atom. The molecule has 0 saturated carbocycles. The Balaban J connectivity index is 1.16. The van der Waals surface area contributed by atoms with Gasteiger partial charge in [0.15, 0.2) is 0 Å². The number of nitrogens with zero attached hydrogens (tertiary/aromatic N) is 3. The van der Waals surface area contributed by atoms with Crippen molar-refractivity contribution in [2.75, 3.05) is 37.6 Å². The second-order valence-corrected chi connectivity index (χ2v) is 8.40. The molecule has 5 nitrogen and oxygen atoms in total. The zero-order valence-electron chi connectivity index (χ0n) is 17.4. The average Bonchev–Trinajstić information content (AvgIpc) is 3.22. The fourth-order valence-electron chi connectivity index (χ4n) is 4.89. The Morgan fingerprint density at radius 1 is 0.900 bits per heavy atom. The minimum atomic E-state index is 0.177. The lowest BCUT2D eigenvalue weighted by Gasteiger charge is -2.43. The minimum Gasteiger partial charge on any atom is -0.464 e. The van der Waals surface area contributed by atoms with Gasteiger partial charge in [0.2, 0.25) is 0 Å². The fraction of sp³-hybridized carbons (Fsp3) is 0.400. The van der Waals surface area contributed by atoms with Crippen molar-refractivity contribution < 1.29 is 9.21 Å². The third-order valence-corrected chi connectivity index (χ3v) is 6.58. The standard InChI is InChI=1S/C25H29N3O2/c29-25-27(21-7-2-1-3-8-21)14-6-15-28(25)22-12-17-26(18-13-22)16-11-20-19-30-24-10-5-4-9-23(20)24/h1-5,7-10,19,22H,6,11-18H2. The number of carbonyl (C=O) groups excluding carboxylic acids is 1. The smallest absolute Gasteiger partial charge is 0.324 e. The van der Waals surface area contributed by atoms with Crippen LogP contribution >= 0.6 is 0 Å². The maximum absolute atomic E-state index is 13.1. The fourth-order valence-corrected chi connectivity index (χ4v) is 4.89. The summed E-state index contributed by atoms with van der Waals surface area (Å²) in [5.74, 6) is 0. The van der Waals surface area contributed by atoms with Gasteiger partial charge in [-0.2, -0.15) is 0 Å². The highest BCUT2D eigenvalue weighted by atomic mass is 16.3. The van der Waals surface area contributed by atoms with E-state index in [0.717, 1.165) is 69.7 Å². The molecule has 0 aliphatic carbocycles. The molecule has 2 amide bonds. The predicted molar refractivity (Wildman–Crippen MR) is 120 cm³/mol.